The van der Waals surface area contributed by atoms with Crippen LogP contribution in [-0.2, 0) is 19.9 Å². The van der Waals surface area contributed by atoms with Crippen LogP contribution in [0.1, 0.15) is 63.3 Å². The maximum absolute atomic E-state index is 5.82. The summed E-state index contributed by atoms with van der Waals surface area (Å²) in [5, 5.41) is 4.58. The molecule has 1 fully saturated rings. The van der Waals surface area contributed by atoms with Crippen molar-refractivity contribution in [2.75, 3.05) is 0 Å². The molecule has 1 heterocycles. The van der Waals surface area contributed by atoms with Gasteiger partial charge in [0.05, 0.1) is 15.9 Å². The van der Waals surface area contributed by atoms with E-state index in [4.69, 9.17) is 5.84 Å². The third-order valence-electron chi connectivity index (χ3n) is 4.77. The van der Waals surface area contributed by atoms with E-state index in [0.717, 1.165) is 28.9 Å². The Kier molecular flexibility index (Phi) is 6.71. The first kappa shape index (κ1) is 17.0. The lowest BCUT2D eigenvalue weighted by molar-refractivity contribution is 0.348. The molecule has 0 saturated heterocycles. The molecule has 0 amide bonds. The zero-order valence-electron chi connectivity index (χ0n) is 13.4. The van der Waals surface area contributed by atoms with Crippen molar-refractivity contribution in [1.82, 2.24) is 15.2 Å². The fraction of sp³-hybridized carbons (Fsp3) is 0.812. The second-order valence-corrected chi connectivity index (χ2v) is 7.14. The molecule has 120 valence electrons. The molecular formula is C16H29BrN4. The highest BCUT2D eigenvalue weighted by atomic mass is 79.9. The van der Waals surface area contributed by atoms with Crippen LogP contribution in [0.2, 0.25) is 0 Å². The molecule has 3 N–H and O–H groups in total. The summed E-state index contributed by atoms with van der Waals surface area (Å²) in [5.41, 5.74) is 5.43. The molecule has 1 aromatic rings. The first-order valence-electron chi connectivity index (χ1n) is 8.32. The maximum atomic E-state index is 5.82. The topological polar surface area (TPSA) is 55.9 Å². The van der Waals surface area contributed by atoms with Gasteiger partial charge in [0.2, 0.25) is 0 Å². The van der Waals surface area contributed by atoms with Crippen molar-refractivity contribution in [3.63, 3.8) is 0 Å². The van der Waals surface area contributed by atoms with Crippen molar-refractivity contribution in [2.45, 2.75) is 70.8 Å². The van der Waals surface area contributed by atoms with E-state index in [0.29, 0.717) is 6.04 Å². The van der Waals surface area contributed by atoms with Gasteiger partial charge in [-0.3, -0.25) is 16.0 Å². The number of nitrogens with two attached hydrogens (primary N) is 1. The number of rotatable bonds is 6. The number of nitrogens with one attached hydrogen (secondary N) is 1. The molecule has 4 nitrogen and oxygen atoms in total. The van der Waals surface area contributed by atoms with Gasteiger partial charge in [-0.25, -0.2) is 0 Å². The predicted octanol–water partition coefficient (Wildman–Crippen LogP) is 3.48. The number of aryl methyl sites for hydroxylation is 2. The van der Waals surface area contributed by atoms with Crippen molar-refractivity contribution in [1.29, 1.82) is 0 Å². The third kappa shape index (κ3) is 4.54. The average Bonchev–Trinajstić information content (AvgIpc) is 2.68. The minimum atomic E-state index is 0.338. The van der Waals surface area contributed by atoms with E-state index in [-0.39, 0.29) is 0 Å². The van der Waals surface area contributed by atoms with E-state index >= 15 is 0 Å². The van der Waals surface area contributed by atoms with Gasteiger partial charge >= 0.3 is 0 Å². The first-order valence-corrected chi connectivity index (χ1v) is 9.11. The summed E-state index contributed by atoms with van der Waals surface area (Å²) in [6.45, 7) is 2.14. The summed E-state index contributed by atoms with van der Waals surface area (Å²) < 4.78 is 3.16. The molecule has 1 unspecified atom stereocenters. The number of hydrogen-bond acceptors (Lipinski definition) is 3. The van der Waals surface area contributed by atoms with Crippen LogP contribution in [0.3, 0.4) is 0 Å². The quantitative estimate of drug-likeness (QED) is 0.466. The molecule has 21 heavy (non-hydrogen) atoms. The smallest absolute Gasteiger partial charge is 0.0766 e. The molecule has 1 saturated carbocycles. The summed E-state index contributed by atoms with van der Waals surface area (Å²) in [5.74, 6) is 6.65. The van der Waals surface area contributed by atoms with E-state index in [1.165, 1.54) is 50.6 Å². The number of aromatic nitrogens is 2. The van der Waals surface area contributed by atoms with Gasteiger partial charge < -0.3 is 0 Å². The highest BCUT2D eigenvalue weighted by Gasteiger charge is 2.21. The Morgan fingerprint density at radius 2 is 2.00 bits per heavy atom. The predicted molar refractivity (Wildman–Crippen MR) is 90.9 cm³/mol. The molecule has 1 aliphatic carbocycles. The number of hydrazine groups is 1. The van der Waals surface area contributed by atoms with Gasteiger partial charge in [-0.1, -0.05) is 45.4 Å². The molecule has 0 bridgehead atoms. The molecular weight excluding hydrogens is 328 g/mol. The van der Waals surface area contributed by atoms with Crippen molar-refractivity contribution in [3.8, 4) is 0 Å². The Bertz CT molecular complexity index is 436. The van der Waals surface area contributed by atoms with Gasteiger partial charge in [-0.2, -0.15) is 5.10 Å². The first-order chi connectivity index (χ1) is 10.2. The standard InChI is InChI=1S/C16H29BrN4/c1-3-14-16(17)15(21(2)20-14)11-13(19-18)10-12-8-6-4-5-7-9-12/h12-13,19H,3-11,18H2,1-2H3. The zero-order chi connectivity index (χ0) is 15.2. The molecule has 0 aliphatic heterocycles. The van der Waals surface area contributed by atoms with E-state index in [2.05, 4.69) is 33.4 Å². The van der Waals surface area contributed by atoms with E-state index < -0.39 is 0 Å². The molecule has 5 heteroatoms. The number of nitrogens with zero attached hydrogens (tertiary/aromatic N) is 2. The van der Waals surface area contributed by atoms with Gasteiger partial charge in [-0.05, 0) is 34.7 Å². The van der Waals surface area contributed by atoms with Crippen LogP contribution in [0, 0.1) is 5.92 Å². The minimum absolute atomic E-state index is 0.338. The lowest BCUT2D eigenvalue weighted by Gasteiger charge is -2.22. The van der Waals surface area contributed by atoms with Gasteiger partial charge in [-0.15, -0.1) is 0 Å². The molecule has 1 aliphatic rings. The molecule has 2 rings (SSSR count). The Hall–Kier alpha value is -0.390. The van der Waals surface area contributed by atoms with Crippen LogP contribution in [0.5, 0.6) is 0 Å². The molecule has 0 aromatic carbocycles. The number of halogens is 1. The third-order valence-corrected chi connectivity index (χ3v) is 5.69. The van der Waals surface area contributed by atoms with E-state index in [1.54, 1.807) is 0 Å². The van der Waals surface area contributed by atoms with Crippen LogP contribution < -0.4 is 11.3 Å². The van der Waals surface area contributed by atoms with Crippen molar-refractivity contribution in [3.05, 3.63) is 15.9 Å². The Labute approximate surface area is 137 Å². The Balaban J connectivity index is 1.99. The van der Waals surface area contributed by atoms with Crippen molar-refractivity contribution in [2.24, 2.45) is 18.8 Å². The van der Waals surface area contributed by atoms with Gasteiger partial charge in [0.25, 0.3) is 0 Å². The van der Waals surface area contributed by atoms with Gasteiger partial charge in [0.15, 0.2) is 0 Å². The fourth-order valence-electron chi connectivity index (χ4n) is 3.49. The minimum Gasteiger partial charge on any atom is -0.271 e. The van der Waals surface area contributed by atoms with Crippen LogP contribution in [0.25, 0.3) is 0 Å². The second-order valence-electron chi connectivity index (χ2n) is 6.35. The van der Waals surface area contributed by atoms with Gasteiger partial charge in [0.1, 0.15) is 0 Å². The normalized spacial score (nSPS) is 18.7. The lowest BCUT2D eigenvalue weighted by Crippen LogP contribution is -2.38. The molecule has 0 radical (unpaired) electrons. The van der Waals surface area contributed by atoms with Crippen LogP contribution >= 0.6 is 15.9 Å². The van der Waals surface area contributed by atoms with Crippen molar-refractivity contribution >= 4 is 15.9 Å². The van der Waals surface area contributed by atoms with E-state index in [1.807, 2.05) is 11.7 Å². The SMILES string of the molecule is CCc1nn(C)c(CC(CC2CCCCCC2)NN)c1Br. The molecule has 0 spiro atoms. The highest BCUT2D eigenvalue weighted by molar-refractivity contribution is 9.10. The van der Waals surface area contributed by atoms with Gasteiger partial charge in [0, 0.05) is 19.5 Å². The Morgan fingerprint density at radius 1 is 1.33 bits per heavy atom. The average molecular weight is 357 g/mol. The monoisotopic (exact) mass is 356 g/mol. The Morgan fingerprint density at radius 3 is 2.52 bits per heavy atom. The summed E-state index contributed by atoms with van der Waals surface area (Å²) in [4.78, 5) is 0. The lowest BCUT2D eigenvalue weighted by atomic mass is 9.91. The maximum Gasteiger partial charge on any atom is 0.0766 e. The highest BCUT2D eigenvalue weighted by Crippen LogP contribution is 2.28. The summed E-state index contributed by atoms with van der Waals surface area (Å²) >= 11 is 3.71. The van der Waals surface area contributed by atoms with Crippen LogP contribution in [0.15, 0.2) is 4.47 Å². The van der Waals surface area contributed by atoms with Crippen molar-refractivity contribution < 1.29 is 0 Å². The van der Waals surface area contributed by atoms with E-state index in [9.17, 15) is 0 Å². The molecule has 1 atom stereocenters. The summed E-state index contributed by atoms with van der Waals surface area (Å²) in [6.07, 6.45) is 11.4. The van der Waals surface area contributed by atoms with Crippen LogP contribution in [0.4, 0.5) is 0 Å². The zero-order valence-corrected chi connectivity index (χ0v) is 15.0. The summed E-state index contributed by atoms with van der Waals surface area (Å²) in [7, 11) is 2.03. The fourth-order valence-corrected chi connectivity index (χ4v) is 4.27. The summed E-state index contributed by atoms with van der Waals surface area (Å²) in [6, 6.07) is 0.338. The number of hydrogen-bond donors (Lipinski definition) is 2. The second kappa shape index (κ2) is 8.30. The largest absolute Gasteiger partial charge is 0.271 e. The molecule has 1 aromatic heterocycles. The van der Waals surface area contributed by atoms with Crippen LogP contribution in [-0.4, -0.2) is 15.8 Å².